The number of benzene rings is 1. The molecule has 0 spiro atoms. The van der Waals surface area contributed by atoms with Gasteiger partial charge in [-0.25, -0.2) is 4.79 Å². The Hall–Kier alpha value is -1.59. The summed E-state index contributed by atoms with van der Waals surface area (Å²) in [5.41, 5.74) is 0.785. The van der Waals surface area contributed by atoms with Crippen LogP contribution in [0, 0.1) is 5.92 Å². The second kappa shape index (κ2) is 9.20. The van der Waals surface area contributed by atoms with E-state index in [4.69, 9.17) is 0 Å². The Morgan fingerprint density at radius 3 is 2.68 bits per heavy atom. The van der Waals surface area contributed by atoms with Crippen LogP contribution in [0.2, 0.25) is 0 Å². The summed E-state index contributed by atoms with van der Waals surface area (Å²) in [4.78, 5) is 14.8. The summed E-state index contributed by atoms with van der Waals surface area (Å²) in [6.07, 6.45) is 2.64. The van der Waals surface area contributed by atoms with Gasteiger partial charge in [-0.3, -0.25) is 4.90 Å². The Labute approximate surface area is 151 Å². The summed E-state index contributed by atoms with van der Waals surface area (Å²) in [7, 11) is 0. The van der Waals surface area contributed by atoms with Crippen molar-refractivity contribution in [2.75, 3.05) is 19.7 Å². The molecule has 1 saturated heterocycles. The highest BCUT2D eigenvalue weighted by molar-refractivity contribution is 5.75. The number of aliphatic hydroxyl groups excluding tert-OH is 1. The summed E-state index contributed by atoms with van der Waals surface area (Å²) in [6, 6.07) is 10.5. The summed E-state index contributed by atoms with van der Waals surface area (Å²) >= 11 is 0. The summed E-state index contributed by atoms with van der Waals surface area (Å²) in [5, 5.41) is 15.6. The zero-order valence-electron chi connectivity index (χ0n) is 15.8. The molecule has 1 aromatic rings. The van der Waals surface area contributed by atoms with Crippen molar-refractivity contribution in [3.63, 3.8) is 0 Å². The zero-order chi connectivity index (χ0) is 18.3. The van der Waals surface area contributed by atoms with Crippen molar-refractivity contribution in [3.8, 4) is 0 Å². The number of aliphatic hydroxyl groups is 1. The lowest BCUT2D eigenvalue weighted by Gasteiger charge is -2.38. The van der Waals surface area contributed by atoms with Gasteiger partial charge in [-0.2, -0.15) is 0 Å². The van der Waals surface area contributed by atoms with Gasteiger partial charge in [0.15, 0.2) is 0 Å². The molecule has 0 saturated carbocycles. The third kappa shape index (κ3) is 6.01. The van der Waals surface area contributed by atoms with Gasteiger partial charge in [-0.15, -0.1) is 0 Å². The van der Waals surface area contributed by atoms with Crippen molar-refractivity contribution in [1.29, 1.82) is 0 Å². The third-order valence-corrected chi connectivity index (χ3v) is 5.12. The molecule has 2 rings (SSSR count). The highest BCUT2D eigenvalue weighted by Gasteiger charge is 2.30. The van der Waals surface area contributed by atoms with E-state index in [9.17, 15) is 9.90 Å². The number of amides is 2. The van der Waals surface area contributed by atoms with E-state index >= 15 is 0 Å². The van der Waals surface area contributed by atoms with Crippen molar-refractivity contribution in [1.82, 2.24) is 15.5 Å². The molecule has 140 valence electrons. The fourth-order valence-electron chi connectivity index (χ4n) is 3.64. The van der Waals surface area contributed by atoms with Gasteiger partial charge in [0.1, 0.15) is 0 Å². The number of hydrogen-bond donors (Lipinski definition) is 3. The van der Waals surface area contributed by atoms with E-state index < -0.39 is 5.54 Å². The monoisotopic (exact) mass is 347 g/mol. The highest BCUT2D eigenvalue weighted by Crippen LogP contribution is 2.19. The topological polar surface area (TPSA) is 64.6 Å². The van der Waals surface area contributed by atoms with E-state index in [0.29, 0.717) is 5.92 Å². The van der Waals surface area contributed by atoms with Gasteiger partial charge in [0.05, 0.1) is 12.1 Å². The third-order valence-electron chi connectivity index (χ3n) is 5.12. The minimum absolute atomic E-state index is 0.0423. The lowest BCUT2D eigenvalue weighted by atomic mass is 9.93. The van der Waals surface area contributed by atoms with E-state index in [1.54, 1.807) is 0 Å². The van der Waals surface area contributed by atoms with Crippen LogP contribution in [0.15, 0.2) is 30.3 Å². The van der Waals surface area contributed by atoms with Crippen molar-refractivity contribution >= 4 is 6.03 Å². The van der Waals surface area contributed by atoms with Crippen LogP contribution in [0.4, 0.5) is 4.79 Å². The Bertz CT molecular complexity index is 537. The van der Waals surface area contributed by atoms with Crippen LogP contribution in [-0.2, 0) is 6.54 Å². The first-order valence-corrected chi connectivity index (χ1v) is 9.41. The van der Waals surface area contributed by atoms with Crippen LogP contribution >= 0.6 is 0 Å². The standard InChI is InChI=1S/C20H33N3O2/c1-4-11-20(3,15-24)22-19(25)21-18-10-12-23(13-16(18)2)14-17-8-6-5-7-9-17/h5-9,16,18,24H,4,10-15H2,1-3H3,(H2,21,22,25). The molecule has 25 heavy (non-hydrogen) atoms. The van der Waals surface area contributed by atoms with Crippen molar-refractivity contribution in [2.45, 2.75) is 58.2 Å². The van der Waals surface area contributed by atoms with E-state index in [-0.39, 0.29) is 18.7 Å². The van der Waals surface area contributed by atoms with Crippen LogP contribution in [0.5, 0.6) is 0 Å². The molecule has 1 fully saturated rings. The molecular weight excluding hydrogens is 314 g/mol. The summed E-state index contributed by atoms with van der Waals surface area (Å²) < 4.78 is 0. The normalized spacial score (nSPS) is 23.7. The van der Waals surface area contributed by atoms with Crippen LogP contribution in [0.1, 0.15) is 45.6 Å². The lowest BCUT2D eigenvalue weighted by Crippen LogP contribution is -2.57. The SMILES string of the molecule is CCCC(C)(CO)NC(=O)NC1CCN(Cc2ccccc2)CC1C. The molecule has 1 aliphatic rings. The molecule has 1 aromatic carbocycles. The molecular formula is C20H33N3O2. The minimum Gasteiger partial charge on any atom is -0.394 e. The number of nitrogens with zero attached hydrogens (tertiary/aromatic N) is 1. The first kappa shape index (κ1) is 19.7. The number of carbonyl (C=O) groups is 1. The maximum Gasteiger partial charge on any atom is 0.315 e. The fraction of sp³-hybridized carbons (Fsp3) is 0.650. The summed E-state index contributed by atoms with van der Waals surface area (Å²) in [5.74, 6) is 0.398. The van der Waals surface area contributed by atoms with Crippen LogP contribution in [0.25, 0.3) is 0 Å². The number of rotatable bonds is 7. The Morgan fingerprint density at radius 2 is 2.08 bits per heavy atom. The van der Waals surface area contributed by atoms with E-state index in [1.807, 2.05) is 13.0 Å². The predicted molar refractivity (Wildman–Crippen MR) is 101 cm³/mol. The molecule has 1 aliphatic heterocycles. The molecule has 5 nitrogen and oxygen atoms in total. The lowest BCUT2D eigenvalue weighted by molar-refractivity contribution is 0.134. The van der Waals surface area contributed by atoms with Gasteiger partial charge in [0, 0.05) is 25.7 Å². The molecule has 3 N–H and O–H groups in total. The number of likely N-dealkylation sites (tertiary alicyclic amines) is 1. The molecule has 1 heterocycles. The predicted octanol–water partition coefficient (Wildman–Crippen LogP) is 2.75. The van der Waals surface area contributed by atoms with E-state index in [1.165, 1.54) is 5.56 Å². The Kier molecular flexibility index (Phi) is 7.26. The van der Waals surface area contributed by atoms with Gasteiger partial charge < -0.3 is 15.7 Å². The largest absolute Gasteiger partial charge is 0.394 e. The quantitative estimate of drug-likeness (QED) is 0.711. The van der Waals surface area contributed by atoms with Gasteiger partial charge in [0.25, 0.3) is 0 Å². The average molecular weight is 348 g/mol. The number of piperidine rings is 1. The second-order valence-corrected chi connectivity index (χ2v) is 7.66. The van der Waals surface area contributed by atoms with Gasteiger partial charge in [-0.05, 0) is 31.2 Å². The molecule has 0 aromatic heterocycles. The number of carbonyl (C=O) groups excluding carboxylic acids is 1. The first-order chi connectivity index (χ1) is 12.0. The fourth-order valence-corrected chi connectivity index (χ4v) is 3.64. The molecule has 2 amide bonds. The molecule has 5 heteroatoms. The Balaban J connectivity index is 1.81. The van der Waals surface area contributed by atoms with Crippen LogP contribution < -0.4 is 10.6 Å². The van der Waals surface area contributed by atoms with Gasteiger partial charge in [-0.1, -0.05) is 50.6 Å². The van der Waals surface area contributed by atoms with Crippen molar-refractivity contribution in [2.24, 2.45) is 5.92 Å². The second-order valence-electron chi connectivity index (χ2n) is 7.66. The molecule has 0 bridgehead atoms. The number of nitrogens with one attached hydrogen (secondary N) is 2. The molecule has 3 atom stereocenters. The van der Waals surface area contributed by atoms with E-state index in [2.05, 4.69) is 53.6 Å². The number of urea groups is 1. The summed E-state index contributed by atoms with van der Waals surface area (Å²) in [6.45, 7) is 9.02. The smallest absolute Gasteiger partial charge is 0.315 e. The Morgan fingerprint density at radius 1 is 1.36 bits per heavy atom. The minimum atomic E-state index is -0.546. The molecule has 0 aliphatic carbocycles. The highest BCUT2D eigenvalue weighted by atomic mass is 16.3. The molecule has 3 unspecified atom stereocenters. The number of hydrogen-bond acceptors (Lipinski definition) is 3. The van der Waals surface area contributed by atoms with Crippen molar-refractivity contribution in [3.05, 3.63) is 35.9 Å². The maximum atomic E-state index is 12.3. The van der Waals surface area contributed by atoms with Gasteiger partial charge in [0.2, 0.25) is 0 Å². The zero-order valence-corrected chi connectivity index (χ0v) is 15.8. The van der Waals surface area contributed by atoms with E-state index in [0.717, 1.165) is 38.9 Å². The van der Waals surface area contributed by atoms with Crippen LogP contribution in [0.3, 0.4) is 0 Å². The van der Waals surface area contributed by atoms with Crippen LogP contribution in [-0.4, -0.2) is 47.3 Å². The maximum absolute atomic E-state index is 12.3. The average Bonchev–Trinajstić information content (AvgIpc) is 2.58. The first-order valence-electron chi connectivity index (χ1n) is 9.41. The van der Waals surface area contributed by atoms with Gasteiger partial charge >= 0.3 is 6.03 Å². The van der Waals surface area contributed by atoms with Crippen molar-refractivity contribution < 1.29 is 9.90 Å². The molecule has 0 radical (unpaired) electrons.